The Kier molecular flexibility index (Phi) is 5.67. The highest BCUT2D eigenvalue weighted by Gasteiger charge is 2.58. The maximum Gasteiger partial charge on any atom is 0.344 e. The molecule has 198 valence electrons. The first kappa shape index (κ1) is 24.4. The summed E-state index contributed by atoms with van der Waals surface area (Å²) in [5.41, 5.74) is 7.20. The number of amidine groups is 1. The number of pyridine rings is 1. The van der Waals surface area contributed by atoms with Crippen LogP contribution < -0.4 is 15.2 Å². The van der Waals surface area contributed by atoms with E-state index in [4.69, 9.17) is 10.5 Å². The first-order chi connectivity index (χ1) is 18.2. The molecule has 11 nitrogen and oxygen atoms in total. The molecule has 1 saturated carbocycles. The first-order valence-electron chi connectivity index (χ1n) is 12.6. The average molecular weight is 536 g/mol. The van der Waals surface area contributed by atoms with Crippen LogP contribution in [-0.4, -0.2) is 58.8 Å². The molecule has 12 heteroatoms. The lowest BCUT2D eigenvalue weighted by Gasteiger charge is -2.33. The number of benzene rings is 1. The Hall–Kier alpha value is -3.93. The third kappa shape index (κ3) is 4.28. The summed E-state index contributed by atoms with van der Waals surface area (Å²) in [6.07, 6.45) is 7.78. The number of amides is 1. The van der Waals surface area contributed by atoms with Gasteiger partial charge in [-0.15, -0.1) is 4.40 Å². The van der Waals surface area contributed by atoms with Gasteiger partial charge in [-0.3, -0.25) is 14.1 Å². The van der Waals surface area contributed by atoms with Crippen molar-refractivity contribution in [3.8, 4) is 11.6 Å². The number of nitrogens with zero attached hydrogens (tertiary/aromatic N) is 5. The average Bonchev–Trinajstić information content (AvgIpc) is 3.28. The van der Waals surface area contributed by atoms with E-state index in [1.165, 1.54) is 0 Å². The molecule has 2 aliphatic heterocycles. The van der Waals surface area contributed by atoms with E-state index >= 15 is 0 Å². The van der Waals surface area contributed by atoms with E-state index in [-0.39, 0.29) is 29.2 Å². The second-order valence-electron chi connectivity index (χ2n) is 10.4. The van der Waals surface area contributed by atoms with Crippen LogP contribution in [0.3, 0.4) is 0 Å². The molecule has 0 radical (unpaired) electrons. The van der Waals surface area contributed by atoms with Gasteiger partial charge in [0, 0.05) is 48.6 Å². The Bertz CT molecular complexity index is 1560. The van der Waals surface area contributed by atoms with Crippen molar-refractivity contribution in [2.24, 2.45) is 15.5 Å². The summed E-state index contributed by atoms with van der Waals surface area (Å²) in [5, 5.41) is 0. The number of ether oxygens (including phenoxy) is 1. The summed E-state index contributed by atoms with van der Waals surface area (Å²) in [6.45, 7) is 5.40. The second-order valence-corrected chi connectivity index (χ2v) is 11.8. The van der Waals surface area contributed by atoms with Crippen LogP contribution in [0.4, 0.5) is 5.69 Å². The number of anilines is 1. The molecular weight excluding hydrogens is 506 g/mol. The van der Waals surface area contributed by atoms with Crippen molar-refractivity contribution in [3.63, 3.8) is 0 Å². The number of hydrogen-bond donors (Lipinski definition) is 2. The largest absolute Gasteiger partial charge is 0.489 e. The molecule has 38 heavy (non-hydrogen) atoms. The minimum absolute atomic E-state index is 0.0348. The van der Waals surface area contributed by atoms with Gasteiger partial charge in [0.2, 0.25) is 0 Å². The zero-order valence-corrected chi connectivity index (χ0v) is 22.0. The van der Waals surface area contributed by atoms with Crippen LogP contribution in [0, 0.1) is 5.41 Å². The molecule has 0 bridgehead atoms. The van der Waals surface area contributed by atoms with E-state index in [2.05, 4.69) is 32.9 Å². The molecule has 3 aliphatic rings. The normalized spacial score (nSPS) is 23.5. The molecule has 1 amide bonds. The summed E-state index contributed by atoms with van der Waals surface area (Å²) < 4.78 is 38.0. The second kappa shape index (κ2) is 8.83. The minimum Gasteiger partial charge on any atom is -0.489 e. The van der Waals surface area contributed by atoms with Crippen LogP contribution in [0.5, 0.6) is 5.75 Å². The zero-order chi connectivity index (χ0) is 26.7. The van der Waals surface area contributed by atoms with Gasteiger partial charge in [0.05, 0.1) is 11.3 Å². The molecule has 1 aromatic carbocycles. The number of fused-ring (bicyclic) bond motifs is 1. The van der Waals surface area contributed by atoms with Gasteiger partial charge >= 0.3 is 10.2 Å². The third-order valence-corrected chi connectivity index (χ3v) is 8.36. The highest BCUT2D eigenvalue weighted by atomic mass is 32.2. The lowest BCUT2D eigenvalue weighted by atomic mass is 9.94. The van der Waals surface area contributed by atoms with Gasteiger partial charge in [-0.2, -0.15) is 8.42 Å². The Balaban J connectivity index is 1.19. The van der Waals surface area contributed by atoms with Crippen molar-refractivity contribution in [2.45, 2.75) is 45.1 Å². The lowest BCUT2D eigenvalue weighted by Crippen LogP contribution is -2.42. The number of carbonyl (C=O) groups excluding carboxylic acids is 1. The van der Waals surface area contributed by atoms with Crippen molar-refractivity contribution >= 4 is 27.6 Å². The van der Waals surface area contributed by atoms with Crippen LogP contribution in [0.15, 0.2) is 53.3 Å². The summed E-state index contributed by atoms with van der Waals surface area (Å²) in [7, 11) is -3.87. The van der Waals surface area contributed by atoms with E-state index < -0.39 is 10.2 Å². The quantitative estimate of drug-likeness (QED) is 0.511. The van der Waals surface area contributed by atoms with Crippen molar-refractivity contribution in [3.05, 3.63) is 65.9 Å². The third-order valence-electron chi connectivity index (χ3n) is 7.44. The Morgan fingerprint density at radius 1 is 1.24 bits per heavy atom. The Labute approximate surface area is 220 Å². The highest BCUT2D eigenvalue weighted by Crippen LogP contribution is 2.55. The maximum atomic E-state index is 13.6. The van der Waals surface area contributed by atoms with Gasteiger partial charge in [0.1, 0.15) is 23.5 Å². The predicted octanol–water partition coefficient (Wildman–Crippen LogP) is 2.84. The van der Waals surface area contributed by atoms with Gasteiger partial charge in [0.25, 0.3) is 5.91 Å². The fourth-order valence-corrected chi connectivity index (χ4v) is 6.35. The van der Waals surface area contributed by atoms with E-state index in [1.807, 2.05) is 21.7 Å². The number of carbonyl (C=O) groups is 1. The summed E-state index contributed by atoms with van der Waals surface area (Å²) in [6, 6.07) is 8.67. The Morgan fingerprint density at radius 2 is 2.08 bits per heavy atom. The van der Waals surface area contributed by atoms with Gasteiger partial charge in [-0.05, 0) is 43.5 Å². The fourth-order valence-electron chi connectivity index (χ4n) is 5.51. The van der Waals surface area contributed by atoms with E-state index in [9.17, 15) is 13.2 Å². The van der Waals surface area contributed by atoms with Gasteiger partial charge in [-0.25, -0.2) is 9.97 Å². The lowest BCUT2D eigenvalue weighted by molar-refractivity contribution is 0.0613. The van der Waals surface area contributed by atoms with Crippen molar-refractivity contribution in [2.75, 3.05) is 17.8 Å². The highest BCUT2D eigenvalue weighted by molar-refractivity contribution is 7.91. The summed E-state index contributed by atoms with van der Waals surface area (Å²) in [5.74, 6) is 2.12. The van der Waals surface area contributed by atoms with Crippen LogP contribution >= 0.6 is 0 Å². The summed E-state index contributed by atoms with van der Waals surface area (Å²) >= 11 is 0. The van der Waals surface area contributed by atoms with Crippen LogP contribution in [0.1, 0.15) is 60.8 Å². The number of imidazole rings is 1. The molecule has 6 rings (SSSR count). The van der Waals surface area contributed by atoms with E-state index in [1.54, 1.807) is 36.7 Å². The molecule has 4 heterocycles. The van der Waals surface area contributed by atoms with Crippen LogP contribution in [-0.2, 0) is 10.2 Å². The van der Waals surface area contributed by atoms with Crippen molar-refractivity contribution in [1.29, 1.82) is 0 Å². The molecule has 2 aromatic heterocycles. The molecule has 3 aromatic rings. The summed E-state index contributed by atoms with van der Waals surface area (Å²) in [4.78, 5) is 24.3. The first-order valence-corrected chi connectivity index (χ1v) is 14.1. The van der Waals surface area contributed by atoms with Gasteiger partial charge in [0.15, 0.2) is 5.84 Å². The van der Waals surface area contributed by atoms with Crippen LogP contribution in [0.2, 0.25) is 0 Å². The maximum absolute atomic E-state index is 13.6. The number of rotatable bonds is 5. The molecule has 2 fully saturated rings. The monoisotopic (exact) mass is 535 g/mol. The van der Waals surface area contributed by atoms with E-state index in [0.29, 0.717) is 41.5 Å². The van der Waals surface area contributed by atoms with Crippen molar-refractivity contribution < 1.29 is 17.9 Å². The SMILES string of the molecule is CC(C)c1nccn1-c1cc(C(=O)N2CCCC3(C[C@H]3Oc3cccc4c3C(N)=NS(=O)(=O)N4)C2)ccn1. The van der Waals surface area contributed by atoms with Crippen molar-refractivity contribution in [1.82, 2.24) is 19.4 Å². The number of hydrogen-bond acceptors (Lipinski definition) is 7. The number of nitrogens with one attached hydrogen (secondary N) is 1. The fraction of sp³-hybridized carbons (Fsp3) is 0.385. The number of likely N-dealkylation sites (tertiary alicyclic amines) is 1. The molecule has 1 unspecified atom stereocenters. The zero-order valence-electron chi connectivity index (χ0n) is 21.2. The van der Waals surface area contributed by atoms with Gasteiger partial charge < -0.3 is 15.4 Å². The molecule has 3 N–H and O–H groups in total. The predicted molar refractivity (Wildman–Crippen MR) is 142 cm³/mol. The Morgan fingerprint density at radius 3 is 2.89 bits per heavy atom. The topological polar surface area (TPSA) is 145 Å². The number of aromatic nitrogens is 3. The molecule has 1 saturated heterocycles. The molecule has 2 atom stereocenters. The number of nitrogens with two attached hydrogens (primary N) is 1. The van der Waals surface area contributed by atoms with Gasteiger partial charge in [-0.1, -0.05) is 19.9 Å². The smallest absolute Gasteiger partial charge is 0.344 e. The standard InChI is InChI=1S/C26H29N7O4S/c1-16(2)24-29-10-12-33(24)21-13-17(7-9-28-21)25(34)32-11-4-8-26(15-32)14-20(26)37-19-6-3-5-18-22(19)23(27)31-38(35,36)30-18/h3,5-7,9-10,12-13,16,20,30H,4,8,11,14-15H2,1-2H3,(H2,27,31)/t20-,26?/m1/s1. The number of piperidine rings is 1. The minimum atomic E-state index is -3.87. The molecule has 1 spiro atoms. The molecular formula is C26H29N7O4S. The van der Waals surface area contributed by atoms with E-state index in [0.717, 1.165) is 25.1 Å². The molecule has 1 aliphatic carbocycles. The van der Waals surface area contributed by atoms with Crippen LogP contribution in [0.25, 0.3) is 5.82 Å².